The van der Waals surface area contributed by atoms with Gasteiger partial charge in [-0.25, -0.2) is 0 Å². The maximum absolute atomic E-state index is 15.5. The molecule has 136 valence electrons. The van der Waals surface area contributed by atoms with Gasteiger partial charge in [0.15, 0.2) is 0 Å². The summed E-state index contributed by atoms with van der Waals surface area (Å²) in [6.07, 6.45) is 0. The van der Waals surface area contributed by atoms with Gasteiger partial charge >= 0.3 is 0 Å². The number of nitrogens with one attached hydrogen (secondary N) is 1. The van der Waals surface area contributed by atoms with Crippen LogP contribution in [0.15, 0.2) is 84.9 Å². The number of aromatic nitrogens is 2. The molecule has 0 atom stereocenters. The molecule has 0 bridgehead atoms. The van der Waals surface area contributed by atoms with Gasteiger partial charge in [-0.15, -0.1) is 0 Å². The van der Waals surface area contributed by atoms with Gasteiger partial charge in [0.05, 0.1) is 11.0 Å². The van der Waals surface area contributed by atoms with Gasteiger partial charge in [0, 0.05) is 38.0 Å². The second kappa shape index (κ2) is 5.15. The van der Waals surface area contributed by atoms with Crippen molar-refractivity contribution in [3.05, 3.63) is 84.9 Å². The normalized spacial score (nSPS) is 12.3. The molecule has 0 aliphatic heterocycles. The van der Waals surface area contributed by atoms with E-state index in [1.807, 2.05) is 36.4 Å². The van der Waals surface area contributed by atoms with Crippen molar-refractivity contribution in [3.63, 3.8) is 0 Å². The number of rotatable bonds is 0. The second-order valence-electron chi connectivity index (χ2n) is 7.72. The fourth-order valence-corrected chi connectivity index (χ4v) is 4.90. The minimum Gasteiger partial charge on any atom is -0.354 e. The lowest BCUT2D eigenvalue weighted by Gasteiger charge is -2.00. The van der Waals surface area contributed by atoms with Crippen LogP contribution in [0.5, 0.6) is 0 Å². The van der Waals surface area contributed by atoms with Crippen LogP contribution in [0.25, 0.3) is 65.2 Å². The quantitative estimate of drug-likeness (QED) is 0.284. The van der Waals surface area contributed by atoms with Crippen molar-refractivity contribution in [1.82, 2.24) is 9.77 Å². The molecule has 3 heteroatoms. The summed E-state index contributed by atoms with van der Waals surface area (Å²) < 4.78 is 15.5. The highest BCUT2D eigenvalue weighted by molar-refractivity contribution is 6.30. The summed E-state index contributed by atoms with van der Waals surface area (Å²) in [4.78, 5) is 4.40. The predicted octanol–water partition coefficient (Wildman–Crippen LogP) is 7.47. The Morgan fingerprint density at radius 2 is 1.34 bits per heavy atom. The number of hydrogen-bond donors (Lipinski definition) is 1. The molecule has 0 unspecified atom stereocenters. The SMILES string of the molecule is Fn1c2ccc3[nH]c4cc5ccccc5cc4c3c2c2ccc3ccccc3c21. The molecule has 0 fully saturated rings. The van der Waals surface area contributed by atoms with E-state index >= 15 is 4.48 Å². The molecule has 0 saturated carbocycles. The van der Waals surface area contributed by atoms with Crippen LogP contribution >= 0.6 is 0 Å². The molecule has 0 aliphatic carbocycles. The van der Waals surface area contributed by atoms with Gasteiger partial charge < -0.3 is 4.98 Å². The van der Waals surface area contributed by atoms with Crippen molar-refractivity contribution in [1.29, 1.82) is 0 Å². The summed E-state index contributed by atoms with van der Waals surface area (Å²) in [5.41, 5.74) is 3.36. The van der Waals surface area contributed by atoms with Crippen LogP contribution < -0.4 is 0 Å². The zero-order valence-electron chi connectivity index (χ0n) is 15.4. The van der Waals surface area contributed by atoms with Crippen LogP contribution in [-0.2, 0) is 0 Å². The van der Waals surface area contributed by atoms with Gasteiger partial charge in [-0.05, 0) is 40.4 Å². The molecular formula is C26H15FN2. The molecule has 7 aromatic rings. The number of aromatic amines is 1. The average Bonchev–Trinajstić information content (AvgIpc) is 3.27. The van der Waals surface area contributed by atoms with Gasteiger partial charge in [0.1, 0.15) is 0 Å². The van der Waals surface area contributed by atoms with Crippen LogP contribution in [0.4, 0.5) is 4.48 Å². The predicted molar refractivity (Wildman–Crippen MR) is 120 cm³/mol. The third kappa shape index (κ3) is 1.84. The summed E-state index contributed by atoms with van der Waals surface area (Å²) >= 11 is 0. The minimum atomic E-state index is 0.609. The van der Waals surface area contributed by atoms with Crippen molar-refractivity contribution >= 4 is 65.2 Å². The molecule has 1 N–H and O–H groups in total. The third-order valence-corrected chi connectivity index (χ3v) is 6.19. The van der Waals surface area contributed by atoms with Gasteiger partial charge in [0.25, 0.3) is 0 Å². The number of halogens is 1. The molecule has 7 rings (SSSR count). The summed E-state index contributed by atoms with van der Waals surface area (Å²) in [6, 6.07) is 28.7. The summed E-state index contributed by atoms with van der Waals surface area (Å²) in [7, 11) is 0. The fraction of sp³-hybridized carbons (Fsp3) is 0. The van der Waals surface area contributed by atoms with E-state index in [-0.39, 0.29) is 0 Å². The highest BCUT2D eigenvalue weighted by Gasteiger charge is 2.18. The highest BCUT2D eigenvalue weighted by Crippen LogP contribution is 2.41. The molecule has 2 heterocycles. The number of H-pyrrole nitrogens is 1. The second-order valence-corrected chi connectivity index (χ2v) is 7.72. The van der Waals surface area contributed by atoms with E-state index in [0.29, 0.717) is 11.0 Å². The highest BCUT2D eigenvalue weighted by atomic mass is 19.2. The summed E-state index contributed by atoms with van der Waals surface area (Å²) in [5, 5.41) is 8.48. The number of hydrogen-bond acceptors (Lipinski definition) is 0. The molecular weight excluding hydrogens is 359 g/mol. The Balaban J connectivity index is 1.78. The lowest BCUT2D eigenvalue weighted by atomic mass is 10.0. The van der Waals surface area contributed by atoms with Crippen molar-refractivity contribution in [2.45, 2.75) is 0 Å². The smallest absolute Gasteiger partial charge is 0.0904 e. The Labute approximate surface area is 164 Å². The first-order chi connectivity index (χ1) is 14.3. The molecule has 5 aromatic carbocycles. The maximum atomic E-state index is 15.5. The standard InChI is InChI=1S/C26H15FN2/c27-29-23-12-11-21-24(20-13-16-6-1-2-7-17(16)14-22(20)28-21)25(23)19-10-9-15-5-3-4-8-18(15)26(19)29/h1-14,28H. The van der Waals surface area contributed by atoms with E-state index in [0.717, 1.165) is 48.1 Å². The van der Waals surface area contributed by atoms with E-state index in [1.165, 1.54) is 10.8 Å². The van der Waals surface area contributed by atoms with Crippen molar-refractivity contribution in [2.75, 3.05) is 0 Å². The summed E-state index contributed by atoms with van der Waals surface area (Å²) in [6.45, 7) is 0. The number of benzene rings is 5. The monoisotopic (exact) mass is 374 g/mol. The molecule has 0 saturated heterocycles. The lowest BCUT2D eigenvalue weighted by molar-refractivity contribution is 0.406. The van der Waals surface area contributed by atoms with E-state index in [9.17, 15) is 0 Å². The topological polar surface area (TPSA) is 20.7 Å². The Morgan fingerprint density at radius 3 is 2.21 bits per heavy atom. The van der Waals surface area contributed by atoms with Gasteiger partial charge in [-0.1, -0.05) is 65.1 Å². The maximum Gasteiger partial charge on any atom is 0.0904 e. The Morgan fingerprint density at radius 1 is 0.586 bits per heavy atom. The first-order valence-corrected chi connectivity index (χ1v) is 9.75. The van der Waals surface area contributed by atoms with Crippen molar-refractivity contribution in [2.24, 2.45) is 0 Å². The van der Waals surface area contributed by atoms with Crippen LogP contribution in [-0.4, -0.2) is 9.77 Å². The molecule has 29 heavy (non-hydrogen) atoms. The third-order valence-electron chi connectivity index (χ3n) is 6.19. The fourth-order valence-electron chi connectivity index (χ4n) is 4.90. The van der Waals surface area contributed by atoms with Crippen LogP contribution in [0.2, 0.25) is 0 Å². The summed E-state index contributed by atoms with van der Waals surface area (Å²) in [5.74, 6) is 0. The van der Waals surface area contributed by atoms with Crippen LogP contribution in [0.1, 0.15) is 0 Å². The van der Waals surface area contributed by atoms with Crippen LogP contribution in [0.3, 0.4) is 0 Å². The molecule has 2 nitrogen and oxygen atoms in total. The number of fused-ring (bicyclic) bond motifs is 10. The lowest BCUT2D eigenvalue weighted by Crippen LogP contribution is -1.82. The Kier molecular flexibility index (Phi) is 2.68. The zero-order valence-corrected chi connectivity index (χ0v) is 15.4. The van der Waals surface area contributed by atoms with Gasteiger partial charge in [-0.2, -0.15) is 4.79 Å². The van der Waals surface area contributed by atoms with E-state index in [1.54, 1.807) is 0 Å². The average molecular weight is 374 g/mol. The van der Waals surface area contributed by atoms with E-state index in [4.69, 9.17) is 0 Å². The Bertz CT molecular complexity index is 1770. The largest absolute Gasteiger partial charge is 0.354 e. The molecule has 2 aromatic heterocycles. The molecule has 0 aliphatic rings. The van der Waals surface area contributed by atoms with Crippen molar-refractivity contribution in [3.8, 4) is 0 Å². The van der Waals surface area contributed by atoms with Crippen LogP contribution in [0, 0.1) is 0 Å². The molecule has 0 radical (unpaired) electrons. The molecule has 0 spiro atoms. The van der Waals surface area contributed by atoms with Crippen molar-refractivity contribution < 1.29 is 4.48 Å². The number of nitrogens with zero attached hydrogens (tertiary/aromatic N) is 1. The first-order valence-electron chi connectivity index (χ1n) is 9.75. The minimum absolute atomic E-state index is 0.609. The Hall–Kier alpha value is -3.85. The van der Waals surface area contributed by atoms with E-state index < -0.39 is 0 Å². The molecule has 0 amide bonds. The van der Waals surface area contributed by atoms with Gasteiger partial charge in [0.2, 0.25) is 0 Å². The zero-order chi connectivity index (χ0) is 19.1. The van der Waals surface area contributed by atoms with E-state index in [2.05, 4.69) is 53.5 Å². The van der Waals surface area contributed by atoms with Gasteiger partial charge in [-0.3, -0.25) is 0 Å². The first kappa shape index (κ1) is 15.1.